The van der Waals surface area contributed by atoms with Gasteiger partial charge in [-0.3, -0.25) is 0 Å². The normalized spacial score (nSPS) is 30.2. The fourth-order valence-electron chi connectivity index (χ4n) is 5.90. The van der Waals surface area contributed by atoms with Gasteiger partial charge in [0.15, 0.2) is 0 Å². The molecule has 2 radical (unpaired) electrons. The summed E-state index contributed by atoms with van der Waals surface area (Å²) in [6, 6.07) is 19.7. The van der Waals surface area contributed by atoms with E-state index in [1.54, 1.807) is 7.11 Å². The topological polar surface area (TPSA) is 27.7 Å². The molecule has 0 spiro atoms. The molecule has 1 aliphatic carbocycles. The van der Waals surface area contributed by atoms with Crippen LogP contribution in [-0.2, 0) is 13.9 Å². The molecule has 0 aromatic heterocycles. The first-order valence-corrected chi connectivity index (χ1v) is 13.1. The number of ether oxygens (including phenoxy) is 2. The minimum absolute atomic E-state index is 0.159. The Morgan fingerprint density at radius 3 is 2.03 bits per heavy atom. The molecule has 170 valence electrons. The fraction of sp³-hybridized carbons (Fsp3) is 0.520. The van der Waals surface area contributed by atoms with Crippen molar-refractivity contribution < 1.29 is 22.7 Å². The molecule has 0 amide bonds. The summed E-state index contributed by atoms with van der Waals surface area (Å²) >= 11 is 0. The van der Waals surface area contributed by atoms with Crippen molar-refractivity contribution in [1.82, 2.24) is 0 Å². The van der Waals surface area contributed by atoms with Crippen molar-refractivity contribution in [2.45, 2.75) is 56.4 Å². The van der Waals surface area contributed by atoms with E-state index in [4.69, 9.17) is 21.7 Å². The molecule has 5 atom stereocenters. The molecule has 1 aliphatic heterocycles. The van der Waals surface area contributed by atoms with Gasteiger partial charge in [-0.1, -0.05) is 81.4 Å². The monoisotopic (exact) mass is 456 g/mol. The first kappa shape index (κ1) is 23.6. The van der Waals surface area contributed by atoms with Gasteiger partial charge in [-0.2, -0.15) is 0 Å². The number of halogens is 2. The number of hydrogen-bond donors (Lipinski definition) is 0. The lowest BCUT2D eigenvalue weighted by molar-refractivity contribution is -0.118. The third-order valence-corrected chi connectivity index (χ3v) is 12.2. The summed E-state index contributed by atoms with van der Waals surface area (Å²) in [6.07, 6.45) is -2.81. The standard InChI is InChI=1S/C25H31BF2O3Si/c1-24(2,3)32(17-11-7-5-8-12-17,18-13-9-6-10-14-18)30-16-25-15-19(23(27)28)20(21(25)29-4)22(26)31-25/h5-14,19-23H,15-16H2,1-4H3/t19?,20-,21-,22+,25+/m0/s1. The smallest absolute Gasteiger partial charge is 0.261 e. The van der Waals surface area contributed by atoms with Crippen molar-refractivity contribution in [3.05, 3.63) is 60.7 Å². The number of benzene rings is 2. The molecular formula is C25H31BF2O3Si. The predicted octanol–water partition coefficient (Wildman–Crippen LogP) is 3.74. The van der Waals surface area contributed by atoms with Gasteiger partial charge in [0.05, 0.1) is 12.7 Å². The van der Waals surface area contributed by atoms with Gasteiger partial charge in [0, 0.05) is 24.9 Å². The largest absolute Gasteiger partial charge is 0.404 e. The van der Waals surface area contributed by atoms with E-state index in [2.05, 4.69) is 45.0 Å². The summed E-state index contributed by atoms with van der Waals surface area (Å²) in [4.78, 5) is 0. The molecule has 2 aliphatic rings. The van der Waals surface area contributed by atoms with Crippen molar-refractivity contribution in [2.24, 2.45) is 11.8 Å². The molecule has 1 unspecified atom stereocenters. The van der Waals surface area contributed by atoms with Gasteiger partial charge in [-0.05, 0) is 21.8 Å². The van der Waals surface area contributed by atoms with Crippen molar-refractivity contribution in [3.63, 3.8) is 0 Å². The predicted molar refractivity (Wildman–Crippen MR) is 125 cm³/mol. The van der Waals surface area contributed by atoms with Crippen LogP contribution < -0.4 is 10.4 Å². The van der Waals surface area contributed by atoms with Gasteiger partial charge in [-0.25, -0.2) is 8.78 Å². The maximum Gasteiger partial charge on any atom is 0.261 e. The number of methoxy groups -OCH3 is 1. The highest BCUT2D eigenvalue weighted by molar-refractivity contribution is 6.99. The second-order valence-electron chi connectivity index (χ2n) is 10.0. The van der Waals surface area contributed by atoms with Crippen LogP contribution in [0.3, 0.4) is 0 Å². The Kier molecular flexibility index (Phi) is 6.40. The lowest BCUT2D eigenvalue weighted by Crippen LogP contribution is -2.68. The van der Waals surface area contributed by atoms with E-state index in [1.807, 2.05) is 36.4 Å². The number of fused-ring (bicyclic) bond motifs is 2. The molecule has 0 N–H and O–H groups in total. The van der Waals surface area contributed by atoms with E-state index in [0.29, 0.717) is 0 Å². The average molecular weight is 456 g/mol. The van der Waals surface area contributed by atoms with Crippen molar-refractivity contribution in [1.29, 1.82) is 0 Å². The molecule has 1 saturated carbocycles. The van der Waals surface area contributed by atoms with Crippen LogP contribution in [0.4, 0.5) is 8.78 Å². The lowest BCUT2D eigenvalue weighted by atomic mass is 9.80. The van der Waals surface area contributed by atoms with Crippen LogP contribution in [0.2, 0.25) is 5.04 Å². The summed E-state index contributed by atoms with van der Waals surface area (Å²) in [5.74, 6) is -1.39. The number of rotatable bonds is 7. The second kappa shape index (κ2) is 8.67. The van der Waals surface area contributed by atoms with Crippen LogP contribution in [0.1, 0.15) is 27.2 Å². The zero-order valence-electron chi connectivity index (χ0n) is 19.1. The summed E-state index contributed by atoms with van der Waals surface area (Å²) in [7, 11) is 4.87. The molecule has 4 rings (SSSR count). The zero-order chi connectivity index (χ0) is 23.1. The Morgan fingerprint density at radius 2 is 1.59 bits per heavy atom. The van der Waals surface area contributed by atoms with E-state index in [0.717, 1.165) is 10.4 Å². The van der Waals surface area contributed by atoms with Gasteiger partial charge in [-0.15, -0.1) is 0 Å². The SMILES string of the molecule is [B][C@@H]1O[C@@]2(CO[Si](c3ccccc3)(c3ccccc3)C(C)(C)C)CC(C(F)F)[C@H]1[C@@H]2OC. The van der Waals surface area contributed by atoms with Crippen molar-refractivity contribution >= 4 is 26.5 Å². The van der Waals surface area contributed by atoms with Gasteiger partial charge >= 0.3 is 0 Å². The molecule has 3 nitrogen and oxygen atoms in total. The van der Waals surface area contributed by atoms with Crippen LogP contribution in [0.15, 0.2) is 60.7 Å². The summed E-state index contributed by atoms with van der Waals surface area (Å²) in [5, 5.41) is 2.04. The van der Waals surface area contributed by atoms with Gasteiger partial charge in [0.2, 0.25) is 6.43 Å². The highest BCUT2D eigenvalue weighted by Gasteiger charge is 2.66. The molecule has 2 aromatic rings. The summed E-state index contributed by atoms with van der Waals surface area (Å²) < 4.78 is 46.5. The third-order valence-electron chi connectivity index (χ3n) is 7.22. The third kappa shape index (κ3) is 3.67. The van der Waals surface area contributed by atoms with Gasteiger partial charge < -0.3 is 13.9 Å². The van der Waals surface area contributed by atoms with E-state index >= 15 is 0 Å². The van der Waals surface area contributed by atoms with E-state index in [9.17, 15) is 8.78 Å². The average Bonchev–Trinajstić information content (AvgIpc) is 3.23. The van der Waals surface area contributed by atoms with Crippen molar-refractivity contribution in [2.75, 3.05) is 13.7 Å². The Labute approximate surface area is 192 Å². The minimum atomic E-state index is -2.84. The summed E-state index contributed by atoms with van der Waals surface area (Å²) in [6.45, 7) is 6.72. The quantitative estimate of drug-likeness (QED) is 0.595. The molecule has 2 aromatic carbocycles. The second-order valence-corrected chi connectivity index (χ2v) is 14.3. The van der Waals surface area contributed by atoms with Gasteiger partial charge in [0.1, 0.15) is 13.4 Å². The lowest BCUT2D eigenvalue weighted by Gasteiger charge is -2.45. The van der Waals surface area contributed by atoms with Crippen LogP contribution >= 0.6 is 0 Å². The van der Waals surface area contributed by atoms with Crippen LogP contribution in [0, 0.1) is 11.8 Å². The fourth-order valence-corrected chi connectivity index (χ4v) is 10.5. The molecule has 1 heterocycles. The first-order valence-electron chi connectivity index (χ1n) is 11.2. The Hall–Kier alpha value is -1.54. The van der Waals surface area contributed by atoms with E-state index in [-0.39, 0.29) is 18.1 Å². The van der Waals surface area contributed by atoms with Crippen molar-refractivity contribution in [3.8, 4) is 0 Å². The molecule has 7 heteroatoms. The Balaban J connectivity index is 1.78. The van der Waals surface area contributed by atoms with Gasteiger partial charge in [0.25, 0.3) is 8.32 Å². The minimum Gasteiger partial charge on any atom is -0.404 e. The highest BCUT2D eigenvalue weighted by Crippen LogP contribution is 2.54. The maximum atomic E-state index is 13.8. The number of alkyl halides is 2. The van der Waals surface area contributed by atoms with E-state index < -0.39 is 44.3 Å². The summed E-state index contributed by atoms with van der Waals surface area (Å²) in [5.41, 5.74) is -0.979. The Morgan fingerprint density at radius 1 is 1.06 bits per heavy atom. The Bertz CT molecular complexity index is 869. The molecular weight excluding hydrogens is 425 g/mol. The maximum absolute atomic E-state index is 13.8. The molecule has 2 fully saturated rings. The zero-order valence-corrected chi connectivity index (χ0v) is 20.1. The number of hydrogen-bond acceptors (Lipinski definition) is 3. The molecule has 2 bridgehead atoms. The van der Waals surface area contributed by atoms with Crippen LogP contribution in [0.25, 0.3) is 0 Å². The highest BCUT2D eigenvalue weighted by atomic mass is 28.4. The van der Waals surface area contributed by atoms with Crippen LogP contribution in [0.5, 0.6) is 0 Å². The van der Waals surface area contributed by atoms with E-state index in [1.165, 1.54) is 0 Å². The first-order chi connectivity index (χ1) is 15.2. The van der Waals surface area contributed by atoms with Crippen LogP contribution in [-0.4, -0.2) is 54.0 Å². The molecule has 32 heavy (non-hydrogen) atoms. The molecule has 1 saturated heterocycles.